The SMILES string of the molecule is CCCc1ccc(CC)cc1.NCC(O)c1ccccc1. The number of nitrogens with two attached hydrogens (primary N) is 1. The molecule has 114 valence electrons. The number of benzene rings is 2. The van der Waals surface area contributed by atoms with Gasteiger partial charge in [0.1, 0.15) is 0 Å². The molecule has 2 heteroatoms. The maximum atomic E-state index is 9.20. The van der Waals surface area contributed by atoms with Gasteiger partial charge in [-0.05, 0) is 29.5 Å². The average molecular weight is 285 g/mol. The number of aliphatic hydroxyl groups excluding tert-OH is 1. The zero-order valence-corrected chi connectivity index (χ0v) is 13.1. The van der Waals surface area contributed by atoms with Crippen molar-refractivity contribution in [2.75, 3.05) is 6.54 Å². The second-order valence-corrected chi connectivity index (χ2v) is 5.08. The first-order valence-corrected chi connectivity index (χ1v) is 7.72. The Kier molecular flexibility index (Phi) is 8.41. The fraction of sp³-hybridized carbons (Fsp3) is 0.368. The highest BCUT2D eigenvalue weighted by atomic mass is 16.3. The van der Waals surface area contributed by atoms with Crippen LogP contribution >= 0.6 is 0 Å². The molecule has 2 rings (SSSR count). The predicted molar refractivity (Wildman–Crippen MR) is 90.3 cm³/mol. The minimum atomic E-state index is -0.513. The van der Waals surface area contributed by atoms with Gasteiger partial charge in [-0.25, -0.2) is 0 Å². The van der Waals surface area contributed by atoms with Crippen molar-refractivity contribution in [3.8, 4) is 0 Å². The minimum Gasteiger partial charge on any atom is -0.387 e. The third-order valence-corrected chi connectivity index (χ3v) is 3.38. The van der Waals surface area contributed by atoms with Crippen LogP contribution in [0.25, 0.3) is 0 Å². The Morgan fingerprint density at radius 3 is 1.95 bits per heavy atom. The molecule has 2 aromatic carbocycles. The molecule has 0 radical (unpaired) electrons. The molecule has 0 heterocycles. The molecular formula is C19H27NO. The number of aliphatic hydroxyl groups is 1. The average Bonchev–Trinajstić information content (AvgIpc) is 2.56. The lowest BCUT2D eigenvalue weighted by Gasteiger charge is -2.05. The van der Waals surface area contributed by atoms with Crippen LogP contribution in [0.5, 0.6) is 0 Å². The number of hydrogen-bond acceptors (Lipinski definition) is 2. The molecule has 3 N–H and O–H groups in total. The fourth-order valence-corrected chi connectivity index (χ4v) is 2.04. The van der Waals surface area contributed by atoms with E-state index in [0.717, 1.165) is 12.0 Å². The molecule has 0 aromatic heterocycles. The van der Waals surface area contributed by atoms with Gasteiger partial charge in [-0.1, -0.05) is 74.9 Å². The van der Waals surface area contributed by atoms with E-state index in [0.29, 0.717) is 0 Å². The first-order valence-electron chi connectivity index (χ1n) is 7.72. The highest BCUT2D eigenvalue weighted by Crippen LogP contribution is 2.09. The van der Waals surface area contributed by atoms with E-state index in [2.05, 4.69) is 38.1 Å². The third-order valence-electron chi connectivity index (χ3n) is 3.38. The molecule has 0 aliphatic rings. The molecule has 0 amide bonds. The normalized spacial score (nSPS) is 11.4. The summed E-state index contributed by atoms with van der Waals surface area (Å²) in [5.74, 6) is 0. The summed E-state index contributed by atoms with van der Waals surface area (Å²) >= 11 is 0. The van der Waals surface area contributed by atoms with Crippen LogP contribution < -0.4 is 5.73 Å². The first-order chi connectivity index (χ1) is 10.2. The van der Waals surface area contributed by atoms with Crippen molar-refractivity contribution < 1.29 is 5.11 Å². The molecule has 0 bridgehead atoms. The lowest BCUT2D eigenvalue weighted by atomic mass is 10.1. The van der Waals surface area contributed by atoms with Gasteiger partial charge in [0.15, 0.2) is 0 Å². The van der Waals surface area contributed by atoms with Crippen LogP contribution in [0.3, 0.4) is 0 Å². The highest BCUT2D eigenvalue weighted by Gasteiger charge is 2.01. The van der Waals surface area contributed by atoms with Gasteiger partial charge in [-0.2, -0.15) is 0 Å². The molecule has 0 aliphatic heterocycles. The molecule has 2 aromatic rings. The molecular weight excluding hydrogens is 258 g/mol. The summed E-state index contributed by atoms with van der Waals surface area (Å²) in [5, 5.41) is 9.20. The molecule has 1 atom stereocenters. The molecule has 0 fully saturated rings. The van der Waals surface area contributed by atoms with Crippen LogP contribution in [-0.4, -0.2) is 11.7 Å². The summed E-state index contributed by atoms with van der Waals surface area (Å²) in [6.45, 7) is 4.69. The lowest BCUT2D eigenvalue weighted by Crippen LogP contribution is -2.10. The molecule has 0 spiro atoms. The van der Waals surface area contributed by atoms with Gasteiger partial charge in [0, 0.05) is 6.54 Å². The zero-order chi connectivity index (χ0) is 15.5. The van der Waals surface area contributed by atoms with Crippen molar-refractivity contribution in [2.45, 2.75) is 39.2 Å². The Morgan fingerprint density at radius 1 is 0.905 bits per heavy atom. The second kappa shape index (κ2) is 10.1. The fourth-order valence-electron chi connectivity index (χ4n) is 2.04. The van der Waals surface area contributed by atoms with Crippen molar-refractivity contribution >= 4 is 0 Å². The van der Waals surface area contributed by atoms with Gasteiger partial charge in [-0.3, -0.25) is 0 Å². The maximum Gasteiger partial charge on any atom is 0.0912 e. The summed E-state index contributed by atoms with van der Waals surface area (Å²) in [5.41, 5.74) is 9.03. The van der Waals surface area contributed by atoms with Crippen molar-refractivity contribution in [3.63, 3.8) is 0 Å². The minimum absolute atomic E-state index is 0.282. The Morgan fingerprint density at radius 2 is 1.48 bits per heavy atom. The molecule has 1 unspecified atom stereocenters. The molecule has 2 nitrogen and oxygen atoms in total. The van der Waals surface area contributed by atoms with Crippen molar-refractivity contribution in [1.82, 2.24) is 0 Å². The van der Waals surface area contributed by atoms with Gasteiger partial charge in [0.2, 0.25) is 0 Å². The van der Waals surface area contributed by atoms with E-state index in [9.17, 15) is 5.11 Å². The lowest BCUT2D eigenvalue weighted by molar-refractivity contribution is 0.187. The molecule has 0 aliphatic carbocycles. The van der Waals surface area contributed by atoms with Crippen LogP contribution in [0.4, 0.5) is 0 Å². The van der Waals surface area contributed by atoms with Crippen LogP contribution in [0.15, 0.2) is 54.6 Å². The number of rotatable bonds is 5. The summed E-state index contributed by atoms with van der Waals surface area (Å²) in [7, 11) is 0. The van der Waals surface area contributed by atoms with Gasteiger partial charge in [0.25, 0.3) is 0 Å². The van der Waals surface area contributed by atoms with E-state index in [-0.39, 0.29) is 6.54 Å². The van der Waals surface area contributed by atoms with Crippen molar-refractivity contribution in [1.29, 1.82) is 0 Å². The Bertz CT molecular complexity index is 479. The van der Waals surface area contributed by atoms with Crippen molar-refractivity contribution in [2.24, 2.45) is 5.73 Å². The van der Waals surface area contributed by atoms with E-state index in [1.807, 2.05) is 30.3 Å². The smallest absolute Gasteiger partial charge is 0.0912 e. The van der Waals surface area contributed by atoms with Gasteiger partial charge < -0.3 is 10.8 Å². The number of aryl methyl sites for hydroxylation is 2. The maximum absolute atomic E-state index is 9.20. The highest BCUT2D eigenvalue weighted by molar-refractivity contribution is 5.22. The largest absolute Gasteiger partial charge is 0.387 e. The van der Waals surface area contributed by atoms with Crippen LogP contribution in [0.2, 0.25) is 0 Å². The van der Waals surface area contributed by atoms with E-state index in [1.165, 1.54) is 24.0 Å². The molecule has 0 saturated carbocycles. The van der Waals surface area contributed by atoms with E-state index >= 15 is 0 Å². The van der Waals surface area contributed by atoms with E-state index in [1.54, 1.807) is 0 Å². The predicted octanol–water partition coefficient (Wildman–Crippen LogP) is 3.88. The van der Waals surface area contributed by atoms with Crippen LogP contribution in [0, 0.1) is 0 Å². The monoisotopic (exact) mass is 285 g/mol. The third kappa shape index (κ3) is 6.56. The summed E-state index contributed by atoms with van der Waals surface area (Å²) in [6, 6.07) is 18.3. The summed E-state index contributed by atoms with van der Waals surface area (Å²) < 4.78 is 0. The van der Waals surface area contributed by atoms with E-state index in [4.69, 9.17) is 5.73 Å². The number of hydrogen-bond donors (Lipinski definition) is 2. The molecule has 0 saturated heterocycles. The van der Waals surface area contributed by atoms with Gasteiger partial charge in [-0.15, -0.1) is 0 Å². The van der Waals surface area contributed by atoms with Crippen molar-refractivity contribution in [3.05, 3.63) is 71.3 Å². The van der Waals surface area contributed by atoms with Gasteiger partial charge >= 0.3 is 0 Å². The van der Waals surface area contributed by atoms with E-state index < -0.39 is 6.10 Å². The zero-order valence-electron chi connectivity index (χ0n) is 13.1. The quantitative estimate of drug-likeness (QED) is 0.875. The Balaban J connectivity index is 0.000000211. The van der Waals surface area contributed by atoms with Gasteiger partial charge in [0.05, 0.1) is 6.10 Å². The Hall–Kier alpha value is -1.64. The first kappa shape index (κ1) is 17.4. The second-order valence-electron chi connectivity index (χ2n) is 5.08. The van der Waals surface area contributed by atoms with Crippen LogP contribution in [0.1, 0.15) is 43.1 Å². The summed E-state index contributed by atoms with van der Waals surface area (Å²) in [6.07, 6.45) is 3.09. The molecule has 21 heavy (non-hydrogen) atoms. The summed E-state index contributed by atoms with van der Waals surface area (Å²) in [4.78, 5) is 0. The topological polar surface area (TPSA) is 46.2 Å². The standard InChI is InChI=1S/C11H16.C8H11NO/c1-3-5-11-8-6-10(4-2)7-9-11;9-6-8(10)7-4-2-1-3-5-7/h6-9H,3-5H2,1-2H3;1-5,8,10H,6,9H2. The van der Waals surface area contributed by atoms with Crippen LogP contribution in [-0.2, 0) is 12.8 Å². The Labute approximate surface area is 128 Å².